The van der Waals surface area contributed by atoms with E-state index in [0.717, 1.165) is 35.5 Å². The second kappa shape index (κ2) is 5.24. The zero-order valence-electron chi connectivity index (χ0n) is 9.33. The number of carbonyl (C=O) groups is 1. The van der Waals surface area contributed by atoms with E-state index in [1.807, 2.05) is 18.2 Å². The molecule has 0 heterocycles. The lowest BCUT2D eigenvalue weighted by molar-refractivity contribution is 0.0965. The van der Waals surface area contributed by atoms with Gasteiger partial charge in [-0.1, -0.05) is 18.5 Å². The fraction of sp³-hybridized carbons (Fsp3) is 0.462. The summed E-state index contributed by atoms with van der Waals surface area (Å²) < 4.78 is 0. The van der Waals surface area contributed by atoms with Gasteiger partial charge in [0.05, 0.1) is 0 Å². The number of Topliss-reactive ketones (excluding diaryl/α,β-unsaturated/α-hetero) is 1. The lowest BCUT2D eigenvalue weighted by Crippen LogP contribution is -2.03. The van der Waals surface area contributed by atoms with Gasteiger partial charge in [-0.05, 0) is 43.2 Å². The third-order valence-corrected chi connectivity index (χ3v) is 4.13. The molecule has 1 fully saturated rings. The molecular weight excluding hydrogens is 240 g/mol. The van der Waals surface area contributed by atoms with E-state index in [1.54, 1.807) is 11.8 Å². The summed E-state index contributed by atoms with van der Waals surface area (Å²) in [5.41, 5.74) is 0.827. The average Bonchev–Trinajstić information content (AvgIpc) is 3.10. The first kappa shape index (κ1) is 12.0. The van der Waals surface area contributed by atoms with Crippen molar-refractivity contribution in [3.05, 3.63) is 28.8 Å². The minimum Gasteiger partial charge on any atom is -0.294 e. The maximum absolute atomic E-state index is 12.1. The van der Waals surface area contributed by atoms with Crippen LogP contribution in [-0.2, 0) is 0 Å². The van der Waals surface area contributed by atoms with E-state index in [-0.39, 0.29) is 11.7 Å². The smallest absolute Gasteiger partial charge is 0.167 e. The molecule has 1 nitrogen and oxygen atoms in total. The van der Waals surface area contributed by atoms with E-state index < -0.39 is 0 Å². The zero-order chi connectivity index (χ0) is 11.5. The molecule has 0 saturated heterocycles. The number of hydrogen-bond donors (Lipinski definition) is 0. The third-order valence-electron chi connectivity index (χ3n) is 2.62. The highest BCUT2D eigenvalue weighted by Crippen LogP contribution is 2.36. The first-order valence-corrected chi connectivity index (χ1v) is 7.05. The Labute approximate surface area is 106 Å². The summed E-state index contributed by atoms with van der Waals surface area (Å²) in [5, 5.41) is 0.657. The van der Waals surface area contributed by atoms with Crippen molar-refractivity contribution in [3.63, 3.8) is 0 Å². The van der Waals surface area contributed by atoms with Crippen LogP contribution in [-0.4, -0.2) is 11.5 Å². The highest BCUT2D eigenvalue weighted by Gasteiger charge is 2.31. The minimum absolute atomic E-state index is 0.263. The van der Waals surface area contributed by atoms with Gasteiger partial charge in [0.1, 0.15) is 0 Å². The average molecular weight is 255 g/mol. The quantitative estimate of drug-likeness (QED) is 0.571. The van der Waals surface area contributed by atoms with Crippen LogP contribution in [0.5, 0.6) is 0 Å². The molecule has 1 saturated carbocycles. The van der Waals surface area contributed by atoms with Gasteiger partial charge in [-0.2, -0.15) is 0 Å². The number of thioether (sulfide) groups is 1. The first-order chi connectivity index (χ1) is 7.72. The Morgan fingerprint density at radius 2 is 2.25 bits per heavy atom. The zero-order valence-corrected chi connectivity index (χ0v) is 10.9. The Bertz CT molecular complexity index is 399. The van der Waals surface area contributed by atoms with Crippen molar-refractivity contribution in [3.8, 4) is 0 Å². The van der Waals surface area contributed by atoms with Crippen LogP contribution >= 0.6 is 23.4 Å². The van der Waals surface area contributed by atoms with Crippen LogP contribution in [0.4, 0.5) is 0 Å². The number of halogens is 1. The van der Waals surface area contributed by atoms with Gasteiger partial charge in [-0.15, -0.1) is 11.8 Å². The molecule has 0 amide bonds. The lowest BCUT2D eigenvalue weighted by Gasteiger charge is -2.07. The molecule has 0 spiro atoms. The molecule has 1 aromatic carbocycles. The summed E-state index contributed by atoms with van der Waals surface area (Å²) in [4.78, 5) is 13.2. The molecule has 0 bridgehead atoms. The number of carbonyl (C=O) groups excluding carboxylic acids is 1. The Kier molecular flexibility index (Phi) is 3.93. The maximum Gasteiger partial charge on any atom is 0.167 e. The van der Waals surface area contributed by atoms with Gasteiger partial charge in [0.2, 0.25) is 0 Å². The predicted molar refractivity (Wildman–Crippen MR) is 69.5 cm³/mol. The Morgan fingerprint density at radius 3 is 2.88 bits per heavy atom. The number of hydrogen-bond acceptors (Lipinski definition) is 2. The van der Waals surface area contributed by atoms with Crippen LogP contribution in [0.15, 0.2) is 23.1 Å². The molecule has 1 aromatic rings. The standard InChI is InChI=1S/C13H15ClOS/c1-2-7-16-12-6-5-10(14)8-11(12)13(15)9-3-4-9/h5-6,8-9H,2-4,7H2,1H3. The highest BCUT2D eigenvalue weighted by molar-refractivity contribution is 7.99. The van der Waals surface area contributed by atoms with Crippen LogP contribution in [0.25, 0.3) is 0 Å². The van der Waals surface area contributed by atoms with Crippen LogP contribution in [0, 0.1) is 5.92 Å². The van der Waals surface area contributed by atoms with E-state index >= 15 is 0 Å². The fourth-order valence-electron chi connectivity index (χ4n) is 1.60. The molecule has 0 N–H and O–H groups in total. The summed E-state index contributed by atoms with van der Waals surface area (Å²) in [6, 6.07) is 5.65. The van der Waals surface area contributed by atoms with Crippen molar-refractivity contribution in [2.45, 2.75) is 31.1 Å². The summed E-state index contributed by atoms with van der Waals surface area (Å²) >= 11 is 7.71. The van der Waals surface area contributed by atoms with E-state index in [9.17, 15) is 4.79 Å². The predicted octanol–water partition coefficient (Wildman–Crippen LogP) is 4.43. The SMILES string of the molecule is CCCSc1ccc(Cl)cc1C(=O)C1CC1. The molecule has 0 atom stereocenters. The second-order valence-electron chi connectivity index (χ2n) is 4.13. The van der Waals surface area contributed by atoms with Gasteiger partial charge in [0, 0.05) is 21.4 Å². The van der Waals surface area contributed by atoms with Crippen molar-refractivity contribution >= 4 is 29.1 Å². The van der Waals surface area contributed by atoms with Crippen molar-refractivity contribution in [1.82, 2.24) is 0 Å². The van der Waals surface area contributed by atoms with Gasteiger partial charge in [0.25, 0.3) is 0 Å². The molecule has 1 aliphatic rings. The number of rotatable bonds is 5. The molecular formula is C13H15ClOS. The van der Waals surface area contributed by atoms with Gasteiger partial charge in [-0.3, -0.25) is 4.79 Å². The van der Waals surface area contributed by atoms with Crippen molar-refractivity contribution in [1.29, 1.82) is 0 Å². The number of benzene rings is 1. The lowest BCUT2D eigenvalue weighted by atomic mass is 10.1. The molecule has 16 heavy (non-hydrogen) atoms. The topological polar surface area (TPSA) is 17.1 Å². The Hall–Kier alpha value is -0.470. The molecule has 86 valence electrons. The minimum atomic E-state index is 0.263. The van der Waals surface area contributed by atoms with E-state index in [1.165, 1.54) is 0 Å². The van der Waals surface area contributed by atoms with E-state index in [4.69, 9.17) is 11.6 Å². The van der Waals surface area contributed by atoms with Gasteiger partial charge in [0.15, 0.2) is 5.78 Å². The maximum atomic E-state index is 12.1. The highest BCUT2D eigenvalue weighted by atomic mass is 35.5. The molecule has 2 rings (SSSR count). The summed E-state index contributed by atoms with van der Waals surface area (Å²) in [6.07, 6.45) is 3.21. The van der Waals surface area contributed by atoms with E-state index in [0.29, 0.717) is 5.02 Å². The molecule has 0 aromatic heterocycles. The van der Waals surface area contributed by atoms with E-state index in [2.05, 4.69) is 6.92 Å². The normalized spacial score (nSPS) is 15.1. The Balaban J connectivity index is 2.24. The van der Waals surface area contributed by atoms with Crippen molar-refractivity contribution < 1.29 is 4.79 Å². The molecule has 1 aliphatic carbocycles. The van der Waals surface area contributed by atoms with Gasteiger partial charge < -0.3 is 0 Å². The molecule has 0 aliphatic heterocycles. The van der Waals surface area contributed by atoms with Crippen molar-refractivity contribution in [2.24, 2.45) is 5.92 Å². The Morgan fingerprint density at radius 1 is 1.50 bits per heavy atom. The largest absolute Gasteiger partial charge is 0.294 e. The monoisotopic (exact) mass is 254 g/mol. The summed E-state index contributed by atoms with van der Waals surface area (Å²) in [7, 11) is 0. The molecule has 0 radical (unpaired) electrons. The third kappa shape index (κ3) is 2.80. The fourth-order valence-corrected chi connectivity index (χ4v) is 2.67. The molecule has 0 unspecified atom stereocenters. The van der Waals surface area contributed by atoms with Crippen LogP contribution in [0.2, 0.25) is 5.02 Å². The van der Waals surface area contributed by atoms with Gasteiger partial charge in [-0.25, -0.2) is 0 Å². The van der Waals surface area contributed by atoms with Crippen molar-refractivity contribution in [2.75, 3.05) is 5.75 Å². The van der Waals surface area contributed by atoms with Crippen LogP contribution < -0.4 is 0 Å². The second-order valence-corrected chi connectivity index (χ2v) is 5.70. The molecule has 3 heteroatoms. The van der Waals surface area contributed by atoms with Gasteiger partial charge >= 0.3 is 0 Å². The first-order valence-electron chi connectivity index (χ1n) is 5.69. The summed E-state index contributed by atoms with van der Waals surface area (Å²) in [6.45, 7) is 2.14. The van der Waals surface area contributed by atoms with Crippen LogP contribution in [0.3, 0.4) is 0 Å². The number of ketones is 1. The summed E-state index contributed by atoms with van der Waals surface area (Å²) in [5.74, 6) is 1.59. The van der Waals surface area contributed by atoms with Crippen LogP contribution in [0.1, 0.15) is 36.5 Å².